The van der Waals surface area contributed by atoms with Gasteiger partial charge >= 0.3 is 6.09 Å². The first-order valence-electron chi connectivity index (χ1n) is 9.31. The average Bonchev–Trinajstić information content (AvgIpc) is 3.24. The van der Waals surface area contributed by atoms with Gasteiger partial charge in [0.25, 0.3) is 0 Å². The molecular formula is C21H24N4O2S. The van der Waals surface area contributed by atoms with E-state index < -0.39 is 6.09 Å². The molecule has 0 unspecified atom stereocenters. The fourth-order valence-corrected chi connectivity index (χ4v) is 3.54. The summed E-state index contributed by atoms with van der Waals surface area (Å²) in [5.74, 6) is 0. The fraction of sp³-hybridized carbons (Fsp3) is 0.286. The van der Waals surface area contributed by atoms with E-state index in [1.165, 1.54) is 11.3 Å². The predicted octanol–water partition coefficient (Wildman–Crippen LogP) is 4.30. The number of unbranched alkanes of at least 4 members (excludes halogenated alkanes) is 1. The molecule has 0 saturated carbocycles. The number of rotatable bonds is 9. The first-order valence-corrected chi connectivity index (χ1v) is 10.1. The van der Waals surface area contributed by atoms with Gasteiger partial charge in [-0.2, -0.15) is 0 Å². The second-order valence-electron chi connectivity index (χ2n) is 6.40. The van der Waals surface area contributed by atoms with Gasteiger partial charge in [0.15, 0.2) is 0 Å². The summed E-state index contributed by atoms with van der Waals surface area (Å²) in [5.41, 5.74) is 8.26. The van der Waals surface area contributed by atoms with Crippen LogP contribution in [0.4, 0.5) is 4.79 Å². The van der Waals surface area contributed by atoms with Gasteiger partial charge in [0.1, 0.15) is 16.6 Å². The number of benzene rings is 2. The van der Waals surface area contributed by atoms with Crippen molar-refractivity contribution in [1.29, 1.82) is 0 Å². The number of hydrogen-bond donors (Lipinski definition) is 2. The Balaban J connectivity index is 1.32. The van der Waals surface area contributed by atoms with Crippen LogP contribution in [-0.2, 0) is 11.3 Å². The lowest BCUT2D eigenvalue weighted by atomic mass is 10.1. The van der Waals surface area contributed by atoms with Crippen molar-refractivity contribution < 1.29 is 9.53 Å². The van der Waals surface area contributed by atoms with Crippen molar-refractivity contribution in [3.05, 3.63) is 71.2 Å². The third-order valence-corrected chi connectivity index (χ3v) is 5.31. The maximum atomic E-state index is 11.7. The number of nitrogens with zero attached hydrogens (tertiary/aromatic N) is 2. The predicted molar refractivity (Wildman–Crippen MR) is 111 cm³/mol. The lowest BCUT2D eigenvalue weighted by Crippen LogP contribution is -2.25. The van der Waals surface area contributed by atoms with Crippen LogP contribution in [0.2, 0.25) is 0 Å². The van der Waals surface area contributed by atoms with E-state index >= 15 is 0 Å². The van der Waals surface area contributed by atoms with Crippen molar-refractivity contribution >= 4 is 17.4 Å². The highest BCUT2D eigenvalue weighted by Crippen LogP contribution is 2.27. The molecule has 6 nitrogen and oxygen atoms in total. The summed E-state index contributed by atoms with van der Waals surface area (Å²) in [4.78, 5) is 11.7. The molecule has 0 fully saturated rings. The Morgan fingerprint density at radius 1 is 1.04 bits per heavy atom. The fourth-order valence-electron chi connectivity index (χ4n) is 2.66. The number of hydrogen-bond acceptors (Lipinski definition) is 6. The summed E-state index contributed by atoms with van der Waals surface area (Å²) < 4.78 is 5.18. The molecule has 3 aromatic rings. The molecule has 7 heteroatoms. The van der Waals surface area contributed by atoms with Crippen molar-refractivity contribution in [2.45, 2.75) is 31.9 Å². The number of carbonyl (C=O) groups is 1. The zero-order chi connectivity index (χ0) is 19.6. The van der Waals surface area contributed by atoms with Crippen LogP contribution in [0, 0.1) is 0 Å². The van der Waals surface area contributed by atoms with Gasteiger partial charge in [0, 0.05) is 12.1 Å². The molecule has 0 aliphatic heterocycles. The lowest BCUT2D eigenvalue weighted by molar-refractivity contribution is 0.139. The number of amides is 1. The summed E-state index contributed by atoms with van der Waals surface area (Å²) in [6, 6.07) is 19.4. The van der Waals surface area contributed by atoms with Crippen LogP contribution in [0.1, 0.15) is 35.9 Å². The second kappa shape index (κ2) is 10.5. The Bertz CT molecular complexity index is 855. The summed E-state index contributed by atoms with van der Waals surface area (Å²) in [6.07, 6.45) is 2.12. The summed E-state index contributed by atoms with van der Waals surface area (Å²) in [5, 5.41) is 13.0. The van der Waals surface area contributed by atoms with Crippen LogP contribution in [-0.4, -0.2) is 22.8 Å². The minimum Gasteiger partial charge on any atom is -0.445 e. The van der Waals surface area contributed by atoms with Gasteiger partial charge in [-0.25, -0.2) is 4.79 Å². The van der Waals surface area contributed by atoms with Gasteiger partial charge in [-0.3, -0.25) is 0 Å². The molecule has 0 saturated heterocycles. The highest BCUT2D eigenvalue weighted by molar-refractivity contribution is 7.14. The van der Waals surface area contributed by atoms with Crippen molar-refractivity contribution in [2.75, 3.05) is 6.54 Å². The molecular weight excluding hydrogens is 372 g/mol. The van der Waals surface area contributed by atoms with E-state index in [1.807, 2.05) is 60.7 Å². The smallest absolute Gasteiger partial charge is 0.407 e. The third kappa shape index (κ3) is 6.14. The van der Waals surface area contributed by atoms with Gasteiger partial charge in [-0.05, 0) is 24.8 Å². The quantitative estimate of drug-likeness (QED) is 0.526. The van der Waals surface area contributed by atoms with Crippen LogP contribution in [0.15, 0.2) is 60.7 Å². The van der Waals surface area contributed by atoms with Crippen LogP contribution in [0.3, 0.4) is 0 Å². The number of carbonyl (C=O) groups excluding carboxylic acids is 1. The molecule has 3 N–H and O–H groups in total. The third-order valence-electron chi connectivity index (χ3n) is 4.20. The summed E-state index contributed by atoms with van der Waals surface area (Å²) >= 11 is 1.53. The van der Waals surface area contributed by atoms with Crippen molar-refractivity contribution in [3.8, 4) is 10.6 Å². The molecule has 0 radical (unpaired) electrons. The maximum Gasteiger partial charge on any atom is 0.407 e. The first-order chi connectivity index (χ1) is 13.7. The Morgan fingerprint density at radius 3 is 2.50 bits per heavy atom. The van der Waals surface area contributed by atoms with E-state index in [1.54, 1.807) is 0 Å². The zero-order valence-corrected chi connectivity index (χ0v) is 16.4. The van der Waals surface area contributed by atoms with E-state index in [9.17, 15) is 4.79 Å². The van der Waals surface area contributed by atoms with Crippen LogP contribution in [0.25, 0.3) is 10.6 Å². The van der Waals surface area contributed by atoms with E-state index in [4.69, 9.17) is 10.5 Å². The molecule has 3 rings (SSSR count). The van der Waals surface area contributed by atoms with Gasteiger partial charge in [-0.1, -0.05) is 72.0 Å². The molecule has 1 atom stereocenters. The Hall–Kier alpha value is -2.77. The lowest BCUT2D eigenvalue weighted by Gasteiger charge is -2.09. The topological polar surface area (TPSA) is 90.1 Å². The molecule has 0 aliphatic carbocycles. The van der Waals surface area contributed by atoms with Gasteiger partial charge in [0.2, 0.25) is 0 Å². The van der Waals surface area contributed by atoms with Crippen molar-refractivity contribution in [1.82, 2.24) is 15.5 Å². The Labute approximate surface area is 168 Å². The molecule has 0 bridgehead atoms. The van der Waals surface area contributed by atoms with Crippen LogP contribution < -0.4 is 11.1 Å². The van der Waals surface area contributed by atoms with Gasteiger partial charge < -0.3 is 15.8 Å². The molecule has 1 aromatic heterocycles. The van der Waals surface area contributed by atoms with Gasteiger partial charge in [0.05, 0.1) is 6.04 Å². The van der Waals surface area contributed by atoms with Gasteiger partial charge in [-0.15, -0.1) is 10.2 Å². The number of alkyl carbamates (subject to hydrolysis) is 1. The number of nitrogens with one attached hydrogen (secondary N) is 1. The summed E-state index contributed by atoms with van der Waals surface area (Å²) in [6.45, 7) is 0.837. The second-order valence-corrected chi connectivity index (χ2v) is 7.41. The maximum absolute atomic E-state index is 11.7. The van der Waals surface area contributed by atoms with Crippen LogP contribution in [0.5, 0.6) is 0 Å². The normalized spacial score (nSPS) is 11.8. The van der Waals surface area contributed by atoms with E-state index in [2.05, 4.69) is 15.5 Å². The highest BCUT2D eigenvalue weighted by Gasteiger charge is 2.13. The van der Waals surface area contributed by atoms with E-state index in [0.717, 1.165) is 40.4 Å². The van der Waals surface area contributed by atoms with E-state index in [0.29, 0.717) is 6.54 Å². The average molecular weight is 397 g/mol. The largest absolute Gasteiger partial charge is 0.445 e. The number of ether oxygens (including phenoxy) is 1. The Morgan fingerprint density at radius 2 is 1.75 bits per heavy atom. The Kier molecular flexibility index (Phi) is 7.52. The van der Waals surface area contributed by atoms with Crippen molar-refractivity contribution in [3.63, 3.8) is 0 Å². The SMILES string of the molecule is N[C@@H](CCCCNC(=O)OCc1ccccc1)c1nnc(-c2ccccc2)s1. The molecule has 146 valence electrons. The molecule has 2 aromatic carbocycles. The molecule has 1 heterocycles. The minimum absolute atomic E-state index is 0.139. The standard InChI is InChI=1S/C21H24N4O2S/c22-18(20-25-24-19(28-20)17-11-5-2-6-12-17)13-7-8-14-23-21(26)27-15-16-9-3-1-4-10-16/h1-6,9-12,18H,7-8,13-15,22H2,(H,23,26)/t18-/m0/s1. The molecule has 0 aliphatic rings. The van der Waals surface area contributed by atoms with Crippen molar-refractivity contribution in [2.24, 2.45) is 5.73 Å². The molecule has 0 spiro atoms. The zero-order valence-electron chi connectivity index (χ0n) is 15.6. The first kappa shape index (κ1) is 20.0. The monoisotopic (exact) mass is 396 g/mol. The highest BCUT2D eigenvalue weighted by atomic mass is 32.1. The minimum atomic E-state index is -0.398. The molecule has 1 amide bonds. The summed E-state index contributed by atoms with van der Waals surface area (Å²) in [7, 11) is 0. The van der Waals surface area contributed by atoms with Crippen LogP contribution >= 0.6 is 11.3 Å². The number of nitrogens with two attached hydrogens (primary N) is 1. The number of aromatic nitrogens is 2. The van der Waals surface area contributed by atoms with E-state index in [-0.39, 0.29) is 12.6 Å². The molecule has 28 heavy (non-hydrogen) atoms.